The lowest BCUT2D eigenvalue weighted by Crippen LogP contribution is -2.02. The van der Waals surface area contributed by atoms with Gasteiger partial charge < -0.3 is 4.57 Å². The number of thiophene rings is 1. The molecule has 242 valence electrons. The minimum atomic E-state index is 0.575. The Hall–Kier alpha value is -6.94. The molecule has 10 rings (SSSR count). The van der Waals surface area contributed by atoms with Crippen LogP contribution in [0.15, 0.2) is 164 Å². The standard InChI is InChI=1S/C46H27N5S/c47-28-29-12-11-17-32(26-29)38-27-33(46-49-44(30-13-3-1-4-14-30)48-45(50-46)31-15-5-2-6-16-31)22-25-40(38)51-39-20-9-7-18-34(39)36-23-24-37-35-19-8-10-21-41(35)52-43(37)42(36)51/h1-27H. The Kier molecular flexibility index (Phi) is 6.98. The molecule has 0 saturated carbocycles. The Morgan fingerprint density at radius 3 is 1.83 bits per heavy atom. The van der Waals surface area contributed by atoms with Crippen molar-refractivity contribution in [1.82, 2.24) is 19.5 Å². The zero-order chi connectivity index (χ0) is 34.6. The lowest BCUT2D eigenvalue weighted by molar-refractivity contribution is 1.07. The highest BCUT2D eigenvalue weighted by Gasteiger charge is 2.21. The molecule has 0 radical (unpaired) electrons. The van der Waals surface area contributed by atoms with E-state index in [4.69, 9.17) is 15.0 Å². The van der Waals surface area contributed by atoms with Crippen molar-refractivity contribution in [3.05, 3.63) is 169 Å². The fourth-order valence-corrected chi connectivity index (χ4v) is 8.52. The number of benzene rings is 7. The third kappa shape index (κ3) is 4.87. The molecule has 0 bridgehead atoms. The van der Waals surface area contributed by atoms with Gasteiger partial charge in [0.2, 0.25) is 0 Å². The van der Waals surface area contributed by atoms with Crippen molar-refractivity contribution < 1.29 is 0 Å². The van der Waals surface area contributed by atoms with Crippen LogP contribution in [0.4, 0.5) is 0 Å². The summed E-state index contributed by atoms with van der Waals surface area (Å²) in [5.41, 5.74) is 8.49. The highest BCUT2D eigenvalue weighted by atomic mass is 32.1. The van der Waals surface area contributed by atoms with Gasteiger partial charge in [-0.1, -0.05) is 121 Å². The molecule has 0 aliphatic rings. The monoisotopic (exact) mass is 681 g/mol. The van der Waals surface area contributed by atoms with E-state index in [2.05, 4.69) is 95.6 Å². The number of para-hydroxylation sites is 1. The summed E-state index contributed by atoms with van der Waals surface area (Å²) < 4.78 is 4.91. The Labute approximate surface area is 303 Å². The van der Waals surface area contributed by atoms with Gasteiger partial charge in [0, 0.05) is 48.5 Å². The number of fused-ring (bicyclic) bond motifs is 7. The molecular formula is C46H27N5S. The summed E-state index contributed by atoms with van der Waals surface area (Å²) in [5.74, 6) is 1.79. The maximum absolute atomic E-state index is 9.96. The third-order valence-electron chi connectivity index (χ3n) is 9.68. The average Bonchev–Trinajstić information content (AvgIpc) is 3.77. The zero-order valence-corrected chi connectivity index (χ0v) is 28.5. The fraction of sp³-hybridized carbons (Fsp3) is 0. The molecule has 0 fully saturated rings. The van der Waals surface area contributed by atoms with E-state index < -0.39 is 0 Å². The van der Waals surface area contributed by atoms with Gasteiger partial charge in [0.1, 0.15) is 0 Å². The van der Waals surface area contributed by atoms with Gasteiger partial charge in [-0.25, -0.2) is 15.0 Å². The van der Waals surface area contributed by atoms with Crippen molar-refractivity contribution >= 4 is 53.3 Å². The number of hydrogen-bond donors (Lipinski definition) is 0. The van der Waals surface area contributed by atoms with E-state index in [-0.39, 0.29) is 0 Å². The van der Waals surface area contributed by atoms with Crippen molar-refractivity contribution in [3.8, 4) is 57.0 Å². The third-order valence-corrected chi connectivity index (χ3v) is 10.9. The molecule has 0 amide bonds. The van der Waals surface area contributed by atoms with Crippen LogP contribution < -0.4 is 0 Å². The zero-order valence-electron chi connectivity index (χ0n) is 27.7. The molecule has 0 unspecified atom stereocenters. The van der Waals surface area contributed by atoms with Gasteiger partial charge in [0.05, 0.1) is 33.1 Å². The van der Waals surface area contributed by atoms with Crippen LogP contribution in [0.5, 0.6) is 0 Å². The Bertz CT molecular complexity index is 2970. The van der Waals surface area contributed by atoms with E-state index >= 15 is 0 Å². The topological polar surface area (TPSA) is 67.4 Å². The van der Waals surface area contributed by atoms with Gasteiger partial charge in [0.25, 0.3) is 0 Å². The van der Waals surface area contributed by atoms with Crippen LogP contribution >= 0.6 is 11.3 Å². The molecular weight excluding hydrogens is 655 g/mol. The van der Waals surface area contributed by atoms with E-state index in [0.717, 1.165) is 39.0 Å². The predicted octanol–water partition coefficient (Wildman–Crippen LogP) is 11.9. The van der Waals surface area contributed by atoms with E-state index in [1.165, 1.54) is 36.5 Å². The summed E-state index contributed by atoms with van der Waals surface area (Å²) in [7, 11) is 0. The molecule has 0 aliphatic carbocycles. The second-order valence-electron chi connectivity index (χ2n) is 12.8. The van der Waals surface area contributed by atoms with Gasteiger partial charge in [-0.15, -0.1) is 11.3 Å². The first-order valence-corrected chi connectivity index (χ1v) is 17.9. The SMILES string of the molecule is N#Cc1cccc(-c2cc(-c3nc(-c4ccccc4)nc(-c4ccccc4)n3)ccc2-n2c3ccccc3c3ccc4c5ccccc5sc4c32)c1. The minimum absolute atomic E-state index is 0.575. The number of hydrogen-bond acceptors (Lipinski definition) is 5. The molecule has 10 aromatic rings. The van der Waals surface area contributed by atoms with Gasteiger partial charge in [-0.2, -0.15) is 5.26 Å². The van der Waals surface area contributed by atoms with E-state index in [9.17, 15) is 5.26 Å². The molecule has 0 saturated heterocycles. The van der Waals surface area contributed by atoms with Crippen molar-refractivity contribution in [1.29, 1.82) is 5.26 Å². The molecule has 0 atom stereocenters. The van der Waals surface area contributed by atoms with Crippen molar-refractivity contribution in [2.45, 2.75) is 0 Å². The number of rotatable bonds is 5. The molecule has 7 aromatic carbocycles. The van der Waals surface area contributed by atoms with Crippen LogP contribution in [-0.4, -0.2) is 19.5 Å². The normalized spacial score (nSPS) is 11.4. The smallest absolute Gasteiger partial charge is 0.164 e. The summed E-state index contributed by atoms with van der Waals surface area (Å²) in [6.07, 6.45) is 0. The average molecular weight is 682 g/mol. The number of nitrogens with zero attached hydrogens (tertiary/aromatic N) is 5. The number of nitriles is 1. The first-order chi connectivity index (χ1) is 25.7. The van der Waals surface area contributed by atoms with Gasteiger partial charge in [-0.3, -0.25) is 0 Å². The molecule has 52 heavy (non-hydrogen) atoms. The van der Waals surface area contributed by atoms with Crippen molar-refractivity contribution in [2.24, 2.45) is 0 Å². The lowest BCUT2D eigenvalue weighted by Gasteiger charge is -2.16. The van der Waals surface area contributed by atoms with Gasteiger partial charge in [0.15, 0.2) is 17.5 Å². The molecule has 5 nitrogen and oxygen atoms in total. The molecule has 0 spiro atoms. The second kappa shape index (κ2) is 12.1. The van der Waals surface area contributed by atoms with Crippen LogP contribution in [0, 0.1) is 11.3 Å². The Morgan fingerprint density at radius 1 is 0.481 bits per heavy atom. The molecule has 3 aromatic heterocycles. The lowest BCUT2D eigenvalue weighted by atomic mass is 9.98. The van der Waals surface area contributed by atoms with Crippen molar-refractivity contribution in [2.75, 3.05) is 0 Å². The van der Waals surface area contributed by atoms with Crippen LogP contribution in [0.2, 0.25) is 0 Å². The summed E-state index contributed by atoms with van der Waals surface area (Å²) in [4.78, 5) is 15.0. The highest BCUT2D eigenvalue weighted by Crippen LogP contribution is 2.44. The first-order valence-electron chi connectivity index (χ1n) is 17.1. The van der Waals surface area contributed by atoms with Crippen LogP contribution in [0.3, 0.4) is 0 Å². The summed E-state index contributed by atoms with van der Waals surface area (Å²) in [6.45, 7) is 0. The summed E-state index contributed by atoms with van der Waals surface area (Å²) >= 11 is 1.83. The minimum Gasteiger partial charge on any atom is -0.307 e. The molecule has 0 N–H and O–H groups in total. The quantitative estimate of drug-likeness (QED) is 0.181. The molecule has 3 heterocycles. The van der Waals surface area contributed by atoms with Crippen LogP contribution in [0.25, 0.3) is 93.0 Å². The largest absolute Gasteiger partial charge is 0.307 e. The predicted molar refractivity (Wildman–Crippen MR) is 214 cm³/mol. The summed E-state index contributed by atoms with van der Waals surface area (Å²) in [5, 5.41) is 14.9. The molecule has 6 heteroatoms. The fourth-order valence-electron chi connectivity index (χ4n) is 7.28. The van der Waals surface area contributed by atoms with Crippen LogP contribution in [0.1, 0.15) is 5.56 Å². The van der Waals surface area contributed by atoms with E-state index in [0.29, 0.717) is 23.0 Å². The second-order valence-corrected chi connectivity index (χ2v) is 13.8. The Balaban J connectivity index is 1.28. The first kappa shape index (κ1) is 29.9. The van der Waals surface area contributed by atoms with E-state index in [1.54, 1.807) is 0 Å². The number of aromatic nitrogens is 4. The maximum Gasteiger partial charge on any atom is 0.164 e. The van der Waals surface area contributed by atoms with Crippen LogP contribution in [-0.2, 0) is 0 Å². The highest BCUT2D eigenvalue weighted by molar-refractivity contribution is 7.26. The van der Waals surface area contributed by atoms with Crippen molar-refractivity contribution in [3.63, 3.8) is 0 Å². The summed E-state index contributed by atoms with van der Waals surface area (Å²) in [6, 6.07) is 58.5. The maximum atomic E-state index is 9.96. The van der Waals surface area contributed by atoms with Gasteiger partial charge >= 0.3 is 0 Å². The van der Waals surface area contributed by atoms with E-state index in [1.807, 2.05) is 90.2 Å². The molecule has 0 aliphatic heterocycles. The Morgan fingerprint density at radius 2 is 1.10 bits per heavy atom. The van der Waals surface area contributed by atoms with Gasteiger partial charge in [-0.05, 0) is 48.0 Å².